The molecule has 0 radical (unpaired) electrons. The number of nitrogens with one attached hydrogen (secondary N) is 2. The van der Waals surface area contributed by atoms with Crippen molar-refractivity contribution in [1.82, 2.24) is 15.5 Å². The van der Waals surface area contributed by atoms with Crippen LogP contribution in [0.1, 0.15) is 41.7 Å². The molecule has 3 atom stereocenters. The molecule has 3 rings (SSSR count). The summed E-state index contributed by atoms with van der Waals surface area (Å²) in [5, 5.41) is 9.83. The van der Waals surface area contributed by atoms with Gasteiger partial charge < -0.3 is 5.32 Å². The summed E-state index contributed by atoms with van der Waals surface area (Å²) in [6.07, 6.45) is 6.75. The normalized spacial score (nSPS) is 31.9. The number of rotatable bonds is 2. The topological polar surface area (TPSA) is 57.8 Å². The van der Waals surface area contributed by atoms with Gasteiger partial charge in [-0.15, -0.1) is 0 Å². The highest BCUT2D eigenvalue weighted by Gasteiger charge is 2.40. The fourth-order valence-electron chi connectivity index (χ4n) is 3.25. The van der Waals surface area contributed by atoms with Crippen molar-refractivity contribution in [3.8, 4) is 0 Å². The van der Waals surface area contributed by atoms with Gasteiger partial charge in [-0.25, -0.2) is 0 Å². The first-order chi connectivity index (χ1) is 7.74. The Hall–Kier alpha value is -1.32. The van der Waals surface area contributed by atoms with Gasteiger partial charge in [-0.1, -0.05) is 6.42 Å². The number of fused-ring (bicyclic) bond motifs is 2. The molecule has 2 N–H and O–H groups in total. The van der Waals surface area contributed by atoms with Crippen LogP contribution >= 0.6 is 0 Å². The predicted octanol–water partition coefficient (Wildman–Crippen LogP) is 1.64. The molecule has 2 bridgehead atoms. The second kappa shape index (κ2) is 3.61. The maximum atomic E-state index is 12.0. The van der Waals surface area contributed by atoms with Crippen LogP contribution in [0.4, 0.5) is 0 Å². The van der Waals surface area contributed by atoms with E-state index in [-0.39, 0.29) is 5.91 Å². The molecule has 0 spiro atoms. The van der Waals surface area contributed by atoms with Gasteiger partial charge in [0.05, 0.1) is 11.8 Å². The van der Waals surface area contributed by atoms with E-state index in [0.717, 1.165) is 17.5 Å². The number of aromatic amines is 1. The Morgan fingerprint density at radius 1 is 1.50 bits per heavy atom. The number of nitrogens with zero attached hydrogens (tertiary/aromatic N) is 1. The van der Waals surface area contributed by atoms with E-state index in [0.29, 0.717) is 11.6 Å². The number of H-pyrrole nitrogens is 1. The van der Waals surface area contributed by atoms with E-state index < -0.39 is 0 Å². The van der Waals surface area contributed by atoms with E-state index >= 15 is 0 Å². The average molecular weight is 219 g/mol. The van der Waals surface area contributed by atoms with E-state index in [1.807, 2.05) is 6.92 Å². The van der Waals surface area contributed by atoms with Crippen molar-refractivity contribution < 1.29 is 4.79 Å². The van der Waals surface area contributed by atoms with Crippen molar-refractivity contribution in [2.24, 2.45) is 11.8 Å². The van der Waals surface area contributed by atoms with Crippen molar-refractivity contribution >= 4 is 5.91 Å². The van der Waals surface area contributed by atoms with Crippen LogP contribution in [0, 0.1) is 18.8 Å². The number of carbonyl (C=O) groups excluding carboxylic acids is 1. The summed E-state index contributed by atoms with van der Waals surface area (Å²) in [7, 11) is 0. The van der Waals surface area contributed by atoms with Gasteiger partial charge in [-0.2, -0.15) is 5.10 Å². The van der Waals surface area contributed by atoms with E-state index in [1.165, 1.54) is 25.7 Å². The van der Waals surface area contributed by atoms with Gasteiger partial charge in [0.1, 0.15) is 0 Å². The third kappa shape index (κ3) is 1.52. The van der Waals surface area contributed by atoms with Crippen LogP contribution in [-0.4, -0.2) is 22.1 Å². The zero-order valence-corrected chi connectivity index (χ0v) is 9.49. The standard InChI is InChI=1S/C12H17N3O/c1-7-10(6-13-15-7)12(16)14-11-5-8-2-3-9(11)4-8/h6,8-9,11H,2-5H2,1H3,(H,13,15)(H,14,16). The fourth-order valence-corrected chi connectivity index (χ4v) is 3.25. The Balaban J connectivity index is 1.67. The molecule has 86 valence electrons. The lowest BCUT2D eigenvalue weighted by Gasteiger charge is -2.22. The molecule has 2 saturated carbocycles. The summed E-state index contributed by atoms with van der Waals surface area (Å²) in [5.74, 6) is 1.62. The van der Waals surface area contributed by atoms with Crippen molar-refractivity contribution in [2.75, 3.05) is 0 Å². The van der Waals surface area contributed by atoms with Gasteiger partial charge in [-0.05, 0) is 38.0 Å². The van der Waals surface area contributed by atoms with Crippen molar-refractivity contribution in [3.05, 3.63) is 17.5 Å². The molecule has 16 heavy (non-hydrogen) atoms. The summed E-state index contributed by atoms with van der Waals surface area (Å²) < 4.78 is 0. The Morgan fingerprint density at radius 2 is 2.38 bits per heavy atom. The third-order valence-electron chi connectivity index (χ3n) is 4.13. The highest BCUT2D eigenvalue weighted by Crippen LogP contribution is 2.44. The fraction of sp³-hybridized carbons (Fsp3) is 0.667. The summed E-state index contributed by atoms with van der Waals surface area (Å²) in [6.45, 7) is 1.88. The van der Waals surface area contributed by atoms with Crippen molar-refractivity contribution in [2.45, 2.75) is 38.6 Å². The number of aromatic nitrogens is 2. The maximum absolute atomic E-state index is 12.0. The first-order valence-electron chi connectivity index (χ1n) is 6.05. The highest BCUT2D eigenvalue weighted by atomic mass is 16.1. The number of hydrogen-bond acceptors (Lipinski definition) is 2. The van der Waals surface area contributed by atoms with Gasteiger partial charge in [0.25, 0.3) is 5.91 Å². The number of amides is 1. The zero-order valence-electron chi connectivity index (χ0n) is 9.49. The predicted molar refractivity (Wildman–Crippen MR) is 60.0 cm³/mol. The summed E-state index contributed by atoms with van der Waals surface area (Å²) in [4.78, 5) is 12.0. The largest absolute Gasteiger partial charge is 0.349 e. The van der Waals surface area contributed by atoms with E-state index in [2.05, 4.69) is 15.5 Å². The minimum atomic E-state index is 0.0313. The minimum absolute atomic E-state index is 0.0313. The second-order valence-electron chi connectivity index (χ2n) is 5.16. The molecule has 4 heteroatoms. The SMILES string of the molecule is Cc1[nH]ncc1C(=O)NC1CC2CCC1C2. The lowest BCUT2D eigenvalue weighted by atomic mass is 9.95. The average Bonchev–Trinajstić information content (AvgIpc) is 2.92. The molecule has 1 aromatic heterocycles. The van der Waals surface area contributed by atoms with Crippen LogP contribution in [0.5, 0.6) is 0 Å². The Bertz CT molecular complexity index is 412. The van der Waals surface area contributed by atoms with Gasteiger partial charge in [0.2, 0.25) is 0 Å². The molecule has 3 unspecified atom stereocenters. The van der Waals surface area contributed by atoms with Crippen LogP contribution in [-0.2, 0) is 0 Å². The molecule has 4 nitrogen and oxygen atoms in total. The molecule has 2 fully saturated rings. The molecule has 0 saturated heterocycles. The molecular formula is C12H17N3O. The van der Waals surface area contributed by atoms with Gasteiger partial charge in [0, 0.05) is 11.7 Å². The smallest absolute Gasteiger partial charge is 0.254 e. The molecular weight excluding hydrogens is 202 g/mol. The summed E-state index contributed by atoms with van der Waals surface area (Å²) in [6, 6.07) is 0.403. The van der Waals surface area contributed by atoms with Crippen molar-refractivity contribution in [3.63, 3.8) is 0 Å². The molecule has 2 aliphatic carbocycles. The van der Waals surface area contributed by atoms with E-state index in [4.69, 9.17) is 0 Å². The first-order valence-corrected chi connectivity index (χ1v) is 6.05. The van der Waals surface area contributed by atoms with E-state index in [9.17, 15) is 4.79 Å². The van der Waals surface area contributed by atoms with E-state index in [1.54, 1.807) is 6.20 Å². The van der Waals surface area contributed by atoms with Gasteiger partial charge >= 0.3 is 0 Å². The molecule has 0 aromatic carbocycles. The Labute approximate surface area is 94.8 Å². The van der Waals surface area contributed by atoms with Crippen LogP contribution in [0.3, 0.4) is 0 Å². The summed E-state index contributed by atoms with van der Waals surface area (Å²) in [5.41, 5.74) is 1.53. The third-order valence-corrected chi connectivity index (χ3v) is 4.13. The number of carbonyl (C=O) groups is 1. The molecule has 2 aliphatic rings. The quantitative estimate of drug-likeness (QED) is 0.794. The molecule has 1 amide bonds. The number of aryl methyl sites for hydroxylation is 1. The Morgan fingerprint density at radius 3 is 2.94 bits per heavy atom. The Kier molecular flexibility index (Phi) is 2.23. The molecule has 1 heterocycles. The lowest BCUT2D eigenvalue weighted by Crippen LogP contribution is -2.38. The maximum Gasteiger partial charge on any atom is 0.254 e. The first kappa shape index (κ1) is 9.87. The van der Waals surface area contributed by atoms with Crippen LogP contribution in [0.25, 0.3) is 0 Å². The zero-order chi connectivity index (χ0) is 11.1. The molecule has 0 aliphatic heterocycles. The molecule has 1 aromatic rings. The minimum Gasteiger partial charge on any atom is -0.349 e. The lowest BCUT2D eigenvalue weighted by molar-refractivity contribution is 0.0922. The van der Waals surface area contributed by atoms with Crippen molar-refractivity contribution in [1.29, 1.82) is 0 Å². The van der Waals surface area contributed by atoms with Crippen LogP contribution < -0.4 is 5.32 Å². The van der Waals surface area contributed by atoms with Gasteiger partial charge in [0.15, 0.2) is 0 Å². The number of hydrogen-bond donors (Lipinski definition) is 2. The van der Waals surface area contributed by atoms with Crippen LogP contribution in [0.15, 0.2) is 6.20 Å². The van der Waals surface area contributed by atoms with Gasteiger partial charge in [-0.3, -0.25) is 9.89 Å². The monoisotopic (exact) mass is 219 g/mol. The highest BCUT2D eigenvalue weighted by molar-refractivity contribution is 5.95. The van der Waals surface area contributed by atoms with Crippen LogP contribution in [0.2, 0.25) is 0 Å². The second-order valence-corrected chi connectivity index (χ2v) is 5.16. The summed E-state index contributed by atoms with van der Waals surface area (Å²) >= 11 is 0.